The summed E-state index contributed by atoms with van der Waals surface area (Å²) < 4.78 is 0. The number of carbonyl (C=O) groups excluding carboxylic acids is 12. The fourth-order valence-corrected chi connectivity index (χ4v) is 8.00. The lowest BCUT2D eigenvalue weighted by Gasteiger charge is -2.29. The quantitative estimate of drug-likeness (QED) is 0.0873. The number of phenols is 1. The van der Waals surface area contributed by atoms with E-state index < -0.39 is 157 Å². The Balaban J connectivity index is 2.05. The van der Waals surface area contributed by atoms with Crippen LogP contribution < -0.4 is 38.5 Å². The summed E-state index contributed by atoms with van der Waals surface area (Å²) in [5.41, 5.74) is 16.7. The molecule has 0 aromatic heterocycles. The van der Waals surface area contributed by atoms with E-state index in [0.29, 0.717) is 24.8 Å². The van der Waals surface area contributed by atoms with Gasteiger partial charge in [0.15, 0.2) is 17.3 Å². The molecule has 1 aromatic rings. The lowest BCUT2D eigenvalue weighted by atomic mass is 9.86. The predicted octanol–water partition coefficient (Wildman–Crippen LogP) is -0.449. The molecule has 1 heterocycles. The lowest BCUT2D eigenvalue weighted by molar-refractivity contribution is -0.142. The Morgan fingerprint density at radius 3 is 2.03 bits per heavy atom. The van der Waals surface area contributed by atoms with E-state index in [1.807, 2.05) is 0 Å². The van der Waals surface area contributed by atoms with Crippen LogP contribution in [0.3, 0.4) is 0 Å². The van der Waals surface area contributed by atoms with Crippen LogP contribution in [-0.4, -0.2) is 118 Å². The fourth-order valence-electron chi connectivity index (χ4n) is 8.00. The van der Waals surface area contributed by atoms with Gasteiger partial charge in [-0.05, 0) is 55.2 Å². The van der Waals surface area contributed by atoms with Gasteiger partial charge in [0.1, 0.15) is 11.5 Å². The van der Waals surface area contributed by atoms with Crippen molar-refractivity contribution in [2.24, 2.45) is 52.7 Å². The van der Waals surface area contributed by atoms with E-state index in [1.54, 1.807) is 39.8 Å². The minimum Gasteiger partial charge on any atom is -0.508 e. The minimum absolute atomic E-state index is 0.00872. The first kappa shape index (κ1) is 55.8. The van der Waals surface area contributed by atoms with Gasteiger partial charge in [-0.15, -0.1) is 0 Å². The van der Waals surface area contributed by atoms with Crippen LogP contribution >= 0.6 is 0 Å². The van der Waals surface area contributed by atoms with Crippen molar-refractivity contribution in [3.05, 3.63) is 29.8 Å². The average Bonchev–Trinajstić information content (AvgIpc) is 4.12. The summed E-state index contributed by atoms with van der Waals surface area (Å²) in [6, 6.07) is 2.68. The predicted molar refractivity (Wildman–Crippen MR) is 244 cm³/mol. The molecule has 7 atom stereocenters. The molecule has 1 aromatic carbocycles. The maximum Gasteiger partial charge on any atom is 0.236 e. The van der Waals surface area contributed by atoms with Crippen LogP contribution in [0.25, 0.3) is 0 Å². The van der Waals surface area contributed by atoms with Crippen molar-refractivity contribution in [2.45, 2.75) is 129 Å². The van der Waals surface area contributed by atoms with E-state index in [4.69, 9.17) is 17.2 Å². The molecule has 1 saturated carbocycles. The normalized spacial score (nSPS) is 22.5. The van der Waals surface area contributed by atoms with Gasteiger partial charge in [-0.3, -0.25) is 57.5 Å². The van der Waals surface area contributed by atoms with E-state index in [-0.39, 0.29) is 56.6 Å². The summed E-state index contributed by atoms with van der Waals surface area (Å²) >= 11 is 0. The smallest absolute Gasteiger partial charge is 0.236 e. The zero-order valence-electron chi connectivity index (χ0n) is 39.3. The second kappa shape index (κ2) is 26.7. The van der Waals surface area contributed by atoms with Crippen molar-refractivity contribution in [3.63, 3.8) is 0 Å². The molecule has 2 aliphatic rings. The van der Waals surface area contributed by atoms with Crippen molar-refractivity contribution < 1.29 is 62.6 Å². The van der Waals surface area contributed by atoms with Gasteiger partial charge in [-0.1, -0.05) is 46.2 Å². The van der Waals surface area contributed by atoms with E-state index >= 15 is 0 Å². The van der Waals surface area contributed by atoms with Crippen LogP contribution in [0.15, 0.2) is 24.3 Å². The van der Waals surface area contributed by atoms with Crippen molar-refractivity contribution in [1.82, 2.24) is 26.2 Å². The number of ketones is 4. The SMILES string of the molecule is CC[C@H](C)[C@@H]1NC(=O)[C@H](Cc2ccc(O)cc2)CC(=O)CCC(=O)NC[C@@H](C(=O)N(CC(=O)C[C@@H](C(=O)NCC(N)=O)C(C)C)C2CC2)CC(=O)[C@H](CC(N)=O)NC(=O)[C@H](CCC(N)=O)CC1=O. The summed E-state index contributed by atoms with van der Waals surface area (Å²) in [4.78, 5) is 161. The highest BCUT2D eigenvalue weighted by Crippen LogP contribution is 2.30. The Hall–Kier alpha value is -6.54. The maximum atomic E-state index is 14.5. The highest BCUT2D eigenvalue weighted by molar-refractivity contribution is 5.99. The van der Waals surface area contributed by atoms with Crippen molar-refractivity contribution >= 4 is 70.4 Å². The first-order valence-electron chi connectivity index (χ1n) is 23.2. The van der Waals surface area contributed by atoms with E-state index in [1.165, 1.54) is 17.0 Å². The molecule has 8 amide bonds. The number of aromatic hydroxyl groups is 1. The van der Waals surface area contributed by atoms with Crippen molar-refractivity contribution in [1.29, 1.82) is 0 Å². The standard InChI is InChI=1S/C47H68N8O13/c1-5-26(4)43-38(60)18-28(8-14-39(48)61)44(65)53-36(21-40(49)62)37(59)19-30(47(68)55(31-9-10-31)24-34(58)20-35(25(2)3)46(67)52-23-41(50)63)22-51-42(64)15-13-33(57)17-29(45(66)54-43)16-27-6-11-32(56)12-7-27/h6-7,11-12,25-26,28-31,35-36,43,56H,5,8-10,13-24H2,1-4H3,(H2,48,61)(H2,49,62)(H2,50,63)(H,51,64)(H,52,67)(H,53,65)(H,54,66)/t26-,28+,29+,30-,35+,36-,43-/m0/s1. The number of phenolic OH excluding ortho intramolecular Hbond substituents is 1. The highest BCUT2D eigenvalue weighted by Gasteiger charge is 2.40. The monoisotopic (exact) mass is 952 g/mol. The van der Waals surface area contributed by atoms with Gasteiger partial charge >= 0.3 is 0 Å². The van der Waals surface area contributed by atoms with Crippen molar-refractivity contribution in [3.8, 4) is 5.75 Å². The maximum absolute atomic E-state index is 14.5. The largest absolute Gasteiger partial charge is 0.508 e. The molecule has 3 rings (SSSR count). The molecule has 1 saturated heterocycles. The highest BCUT2D eigenvalue weighted by atomic mass is 16.3. The number of nitrogens with zero attached hydrogens (tertiary/aromatic N) is 1. The van der Waals surface area contributed by atoms with Crippen molar-refractivity contribution in [2.75, 3.05) is 19.6 Å². The molecule has 11 N–H and O–H groups in total. The zero-order valence-corrected chi connectivity index (χ0v) is 39.3. The van der Waals surface area contributed by atoms with Crippen LogP contribution in [0.1, 0.15) is 110 Å². The minimum atomic E-state index is -1.66. The van der Waals surface area contributed by atoms with E-state index in [0.717, 1.165) is 0 Å². The number of hydrogen-bond donors (Lipinski definition) is 8. The number of Topliss-reactive ketones (excluding diaryl/α,β-unsaturated/α-hetero) is 4. The molecule has 21 heteroatoms. The first-order valence-corrected chi connectivity index (χ1v) is 23.2. The van der Waals surface area contributed by atoms with E-state index in [9.17, 15) is 62.6 Å². The summed E-state index contributed by atoms with van der Waals surface area (Å²) in [5, 5.41) is 20.1. The Bertz CT molecular complexity index is 2050. The summed E-state index contributed by atoms with van der Waals surface area (Å²) in [5.74, 6) is -14.2. The molecule has 68 heavy (non-hydrogen) atoms. The van der Waals surface area contributed by atoms with Gasteiger partial charge in [0, 0.05) is 75.3 Å². The number of hydrogen-bond acceptors (Lipinski definition) is 13. The number of amides is 8. The molecule has 0 radical (unpaired) electrons. The third-order valence-corrected chi connectivity index (χ3v) is 12.4. The van der Waals surface area contributed by atoms with Gasteiger partial charge in [0.25, 0.3) is 0 Å². The lowest BCUT2D eigenvalue weighted by Crippen LogP contribution is -2.51. The van der Waals surface area contributed by atoms with Crippen LogP contribution in [0.5, 0.6) is 5.75 Å². The number of nitrogens with two attached hydrogens (primary N) is 3. The number of nitrogens with one attached hydrogen (secondary N) is 4. The molecule has 0 spiro atoms. The number of rotatable bonds is 19. The summed E-state index contributed by atoms with van der Waals surface area (Å²) in [7, 11) is 0. The van der Waals surface area contributed by atoms with Gasteiger partial charge in [0.2, 0.25) is 47.3 Å². The Morgan fingerprint density at radius 2 is 1.46 bits per heavy atom. The fraction of sp³-hybridized carbons (Fsp3) is 0.617. The number of benzene rings is 1. The molecule has 1 aliphatic carbocycles. The molecule has 2 fully saturated rings. The molecule has 374 valence electrons. The first-order chi connectivity index (χ1) is 32.0. The van der Waals surface area contributed by atoms with Crippen LogP contribution in [-0.2, 0) is 64.0 Å². The van der Waals surface area contributed by atoms with Gasteiger partial charge < -0.3 is 48.5 Å². The van der Waals surface area contributed by atoms with Gasteiger partial charge in [0.05, 0.1) is 37.5 Å². The molecule has 0 bridgehead atoms. The molecular formula is C47H68N8O13. The molecule has 21 nitrogen and oxygen atoms in total. The summed E-state index contributed by atoms with van der Waals surface area (Å²) in [6.45, 7) is 5.47. The number of primary amides is 3. The van der Waals surface area contributed by atoms with E-state index in [2.05, 4.69) is 21.3 Å². The Kier molecular flexibility index (Phi) is 21.9. The summed E-state index contributed by atoms with van der Waals surface area (Å²) in [6.07, 6.45) is -2.61. The van der Waals surface area contributed by atoms with Crippen LogP contribution in [0.4, 0.5) is 0 Å². The topological polar surface area (TPSA) is 354 Å². The molecule has 1 aliphatic heterocycles. The molecule has 0 unspecified atom stereocenters. The second-order valence-electron chi connectivity index (χ2n) is 18.4. The zero-order chi connectivity index (χ0) is 50.8. The second-order valence-corrected chi connectivity index (χ2v) is 18.4. The third kappa shape index (κ3) is 18.6. The Morgan fingerprint density at radius 1 is 0.809 bits per heavy atom. The average molecular weight is 953 g/mol. The van der Waals surface area contributed by atoms with Crippen LogP contribution in [0, 0.1) is 35.5 Å². The molecular weight excluding hydrogens is 885 g/mol. The Labute approximate surface area is 395 Å². The van der Waals surface area contributed by atoms with Crippen LogP contribution in [0.2, 0.25) is 0 Å². The van der Waals surface area contributed by atoms with Gasteiger partial charge in [-0.25, -0.2) is 0 Å². The van der Waals surface area contributed by atoms with Gasteiger partial charge in [-0.2, -0.15) is 0 Å². The third-order valence-electron chi connectivity index (χ3n) is 12.4. The number of carbonyl (C=O) groups is 12.